The standard InChI is InChI=1S/C28H36N6O7S/c35-25(9-4-5-14-29-28-30-15-6-16-31-28)32-21-12-10-20(11-13-21)17-23(27(37)38)33-26(36)24-18-41-19-34(24)42(39,40)22-7-2-1-3-8-22/h1-3,7-8,10-13,23-24H,4-6,9,14-19H2,(H,32,35)(H,33,36)(H,37,38)(H2,29,30,31)/t23-,24-/m0/s1. The molecule has 0 saturated carbocycles. The van der Waals surface area contributed by atoms with E-state index in [4.69, 9.17) is 4.74 Å². The van der Waals surface area contributed by atoms with E-state index in [0.717, 1.165) is 42.7 Å². The van der Waals surface area contributed by atoms with E-state index in [1.165, 1.54) is 12.1 Å². The van der Waals surface area contributed by atoms with Gasteiger partial charge in [0.2, 0.25) is 21.8 Å². The molecule has 2 aromatic rings. The molecule has 14 heteroatoms. The van der Waals surface area contributed by atoms with Crippen molar-refractivity contribution in [3.8, 4) is 0 Å². The molecule has 1 saturated heterocycles. The van der Waals surface area contributed by atoms with Crippen LogP contribution >= 0.6 is 0 Å². The van der Waals surface area contributed by atoms with Gasteiger partial charge in [-0.2, -0.15) is 4.31 Å². The summed E-state index contributed by atoms with van der Waals surface area (Å²) in [7, 11) is -4.02. The second kappa shape index (κ2) is 14.8. The van der Waals surface area contributed by atoms with Crippen molar-refractivity contribution in [3.05, 3.63) is 60.2 Å². The highest BCUT2D eigenvalue weighted by molar-refractivity contribution is 7.89. The molecule has 0 unspecified atom stereocenters. The molecule has 2 aliphatic heterocycles. The lowest BCUT2D eigenvalue weighted by molar-refractivity contribution is -0.142. The number of anilines is 1. The third-order valence-corrected chi connectivity index (χ3v) is 8.65. The maximum Gasteiger partial charge on any atom is 0.326 e. The number of carboxylic acids is 1. The minimum atomic E-state index is -4.02. The highest BCUT2D eigenvalue weighted by Gasteiger charge is 2.41. The van der Waals surface area contributed by atoms with Crippen LogP contribution in [0, 0.1) is 0 Å². The van der Waals surface area contributed by atoms with Crippen molar-refractivity contribution in [2.75, 3.05) is 38.3 Å². The molecule has 2 aliphatic rings. The topological polar surface area (TPSA) is 179 Å². The highest BCUT2D eigenvalue weighted by atomic mass is 32.2. The van der Waals surface area contributed by atoms with Gasteiger partial charge in [0.25, 0.3) is 0 Å². The Labute approximate surface area is 244 Å². The fourth-order valence-corrected chi connectivity index (χ4v) is 6.00. The number of amides is 2. The summed E-state index contributed by atoms with van der Waals surface area (Å²) in [5.41, 5.74) is 1.19. The van der Waals surface area contributed by atoms with Crippen LogP contribution in [0.25, 0.3) is 0 Å². The first-order valence-electron chi connectivity index (χ1n) is 13.8. The second-order valence-electron chi connectivity index (χ2n) is 9.96. The Balaban J connectivity index is 1.25. The third-order valence-electron chi connectivity index (χ3n) is 6.81. The van der Waals surface area contributed by atoms with Crippen molar-refractivity contribution >= 4 is 39.5 Å². The zero-order chi connectivity index (χ0) is 30.0. The lowest BCUT2D eigenvalue weighted by Gasteiger charge is -2.23. The number of hydrogen-bond acceptors (Lipinski definition) is 9. The predicted octanol–water partition coefficient (Wildman–Crippen LogP) is 0.893. The second-order valence-corrected chi connectivity index (χ2v) is 11.9. The number of hydrogen-bond donors (Lipinski definition) is 5. The first-order valence-corrected chi connectivity index (χ1v) is 15.3. The van der Waals surface area contributed by atoms with Crippen LogP contribution in [0.4, 0.5) is 5.69 Å². The molecule has 0 radical (unpaired) electrons. The van der Waals surface area contributed by atoms with Crippen molar-refractivity contribution in [2.45, 2.75) is 49.1 Å². The molecule has 5 N–H and O–H groups in total. The number of sulfonamides is 1. The van der Waals surface area contributed by atoms with Gasteiger partial charge in [-0.3, -0.25) is 14.6 Å². The molecule has 42 heavy (non-hydrogen) atoms. The maximum absolute atomic E-state index is 13.0. The van der Waals surface area contributed by atoms with Crippen LogP contribution in [0.15, 0.2) is 64.5 Å². The Morgan fingerprint density at radius 3 is 2.55 bits per heavy atom. The predicted molar refractivity (Wildman–Crippen MR) is 155 cm³/mol. The zero-order valence-electron chi connectivity index (χ0n) is 23.1. The van der Waals surface area contributed by atoms with Gasteiger partial charge in [0.15, 0.2) is 5.96 Å². The van der Waals surface area contributed by atoms with E-state index in [1.54, 1.807) is 42.5 Å². The number of guanidine groups is 1. The Bertz CT molecular complexity index is 1370. The Morgan fingerprint density at radius 1 is 1.10 bits per heavy atom. The normalized spacial score (nSPS) is 17.9. The van der Waals surface area contributed by atoms with Crippen molar-refractivity contribution in [1.82, 2.24) is 20.3 Å². The van der Waals surface area contributed by atoms with E-state index < -0.39 is 34.0 Å². The number of rotatable bonds is 13. The van der Waals surface area contributed by atoms with Gasteiger partial charge in [-0.25, -0.2) is 13.2 Å². The van der Waals surface area contributed by atoms with Gasteiger partial charge in [0.1, 0.15) is 18.8 Å². The van der Waals surface area contributed by atoms with E-state index in [2.05, 4.69) is 26.3 Å². The average Bonchev–Trinajstić information content (AvgIpc) is 3.50. The number of ether oxygens (including phenoxy) is 1. The maximum atomic E-state index is 13.0. The number of carboxylic acid groups (broad SMARTS) is 1. The molecular formula is C28H36N6O7S. The quantitative estimate of drug-likeness (QED) is 0.209. The van der Waals surface area contributed by atoms with Crippen molar-refractivity contribution in [1.29, 1.82) is 0 Å². The van der Waals surface area contributed by atoms with Gasteiger partial charge >= 0.3 is 5.97 Å². The molecule has 13 nitrogen and oxygen atoms in total. The Kier molecular flexibility index (Phi) is 10.9. The summed E-state index contributed by atoms with van der Waals surface area (Å²) in [6, 6.07) is 11.8. The molecule has 226 valence electrons. The van der Waals surface area contributed by atoms with Crippen LogP contribution < -0.4 is 21.3 Å². The van der Waals surface area contributed by atoms with Crippen LogP contribution in [0.2, 0.25) is 0 Å². The molecule has 1 fully saturated rings. The number of carbonyl (C=O) groups is 3. The monoisotopic (exact) mass is 600 g/mol. The molecule has 2 amide bonds. The van der Waals surface area contributed by atoms with Crippen LogP contribution in [-0.2, 0) is 35.6 Å². The van der Waals surface area contributed by atoms with Gasteiger partial charge in [-0.05, 0) is 49.1 Å². The summed E-state index contributed by atoms with van der Waals surface area (Å²) >= 11 is 0. The minimum Gasteiger partial charge on any atom is -0.480 e. The SMILES string of the molecule is O=C(CCCCNC1=NCCCN1)Nc1ccc(C[C@H](NC(=O)[C@@H]2COCN2S(=O)(=O)c2ccccc2)C(=O)O)cc1. The molecule has 2 aromatic carbocycles. The van der Waals surface area contributed by atoms with Crippen molar-refractivity contribution < 1.29 is 32.6 Å². The lowest BCUT2D eigenvalue weighted by Crippen LogP contribution is -2.52. The Morgan fingerprint density at radius 2 is 1.86 bits per heavy atom. The largest absolute Gasteiger partial charge is 0.480 e. The van der Waals surface area contributed by atoms with Gasteiger partial charge < -0.3 is 31.1 Å². The van der Waals surface area contributed by atoms with Gasteiger partial charge in [-0.15, -0.1) is 0 Å². The highest BCUT2D eigenvalue weighted by Crippen LogP contribution is 2.22. The third kappa shape index (κ3) is 8.50. The van der Waals surface area contributed by atoms with Crippen LogP contribution in [0.5, 0.6) is 0 Å². The van der Waals surface area contributed by atoms with Crippen LogP contribution in [-0.4, -0.2) is 86.6 Å². The number of aliphatic carboxylic acids is 1. The smallest absolute Gasteiger partial charge is 0.326 e. The van der Waals surface area contributed by atoms with E-state index >= 15 is 0 Å². The average molecular weight is 601 g/mol. The number of nitrogens with zero attached hydrogens (tertiary/aromatic N) is 2. The summed E-state index contributed by atoms with van der Waals surface area (Å²) in [6.07, 6.45) is 2.88. The van der Waals surface area contributed by atoms with E-state index in [0.29, 0.717) is 24.1 Å². The summed E-state index contributed by atoms with van der Waals surface area (Å²) < 4.78 is 32.2. The van der Waals surface area contributed by atoms with Crippen LogP contribution in [0.1, 0.15) is 31.2 Å². The van der Waals surface area contributed by atoms with Crippen LogP contribution in [0.3, 0.4) is 0 Å². The van der Waals surface area contributed by atoms with Crippen molar-refractivity contribution in [3.63, 3.8) is 0 Å². The molecular weight excluding hydrogens is 564 g/mol. The first-order chi connectivity index (χ1) is 20.2. The number of unbranched alkanes of at least 4 members (excludes halogenated alkanes) is 1. The zero-order valence-corrected chi connectivity index (χ0v) is 23.9. The molecule has 0 bridgehead atoms. The molecule has 2 atom stereocenters. The van der Waals surface area contributed by atoms with Gasteiger partial charge in [-0.1, -0.05) is 30.3 Å². The summed E-state index contributed by atoms with van der Waals surface area (Å²) in [4.78, 5) is 41.6. The summed E-state index contributed by atoms with van der Waals surface area (Å²) in [6.45, 7) is 1.95. The molecule has 0 aliphatic carbocycles. The molecule has 4 rings (SSSR count). The number of benzene rings is 2. The number of aliphatic imine (C=N–C) groups is 1. The molecule has 2 heterocycles. The summed E-state index contributed by atoms with van der Waals surface area (Å²) in [5, 5.41) is 21.4. The Hall–Kier alpha value is -4.01. The summed E-state index contributed by atoms with van der Waals surface area (Å²) in [5.74, 6) is -1.35. The van der Waals surface area contributed by atoms with E-state index in [9.17, 15) is 27.9 Å². The first kappa shape index (κ1) is 30.9. The molecule has 0 aromatic heterocycles. The van der Waals surface area contributed by atoms with E-state index in [-0.39, 0.29) is 30.6 Å². The fraction of sp³-hybridized carbons (Fsp3) is 0.429. The minimum absolute atomic E-state index is 0.00918. The van der Waals surface area contributed by atoms with Crippen molar-refractivity contribution in [2.24, 2.45) is 4.99 Å². The lowest BCUT2D eigenvalue weighted by atomic mass is 10.0. The molecule has 0 spiro atoms. The van der Waals surface area contributed by atoms with E-state index in [1.807, 2.05) is 0 Å². The fourth-order valence-electron chi connectivity index (χ4n) is 4.52. The number of nitrogens with one attached hydrogen (secondary N) is 4. The number of carbonyl (C=O) groups excluding carboxylic acids is 2. The van der Waals surface area contributed by atoms with Gasteiger partial charge in [0, 0.05) is 38.2 Å². The van der Waals surface area contributed by atoms with Gasteiger partial charge in [0.05, 0.1) is 11.5 Å².